The Morgan fingerprint density at radius 1 is 1.06 bits per heavy atom. The van der Waals surface area contributed by atoms with Crippen LogP contribution in [0.15, 0.2) is 54.6 Å². The van der Waals surface area contributed by atoms with E-state index in [1.807, 2.05) is 18.2 Å². The highest BCUT2D eigenvalue weighted by Crippen LogP contribution is 2.16. The van der Waals surface area contributed by atoms with Gasteiger partial charge in [0.25, 0.3) is 0 Å². The number of halogens is 1. The van der Waals surface area contributed by atoms with Crippen molar-refractivity contribution < 1.29 is 9.18 Å². The smallest absolute Gasteiger partial charge is 0.184 e. The van der Waals surface area contributed by atoms with Crippen LogP contribution in [0, 0.1) is 5.82 Å². The molecule has 86 valence electrons. The number of nitrogens with two attached hydrogens (primary N) is 1. The molecule has 0 bridgehead atoms. The number of benzene rings is 2. The molecule has 0 spiro atoms. The van der Waals surface area contributed by atoms with E-state index in [-0.39, 0.29) is 5.78 Å². The lowest BCUT2D eigenvalue weighted by Gasteiger charge is -2.10. The van der Waals surface area contributed by atoms with E-state index in [0.717, 1.165) is 5.56 Å². The predicted molar refractivity (Wildman–Crippen MR) is 64.1 cm³/mol. The van der Waals surface area contributed by atoms with Gasteiger partial charge in [0.1, 0.15) is 5.82 Å². The summed E-state index contributed by atoms with van der Waals surface area (Å²) in [6.07, 6.45) is 0. The number of hydrogen-bond acceptors (Lipinski definition) is 2. The van der Waals surface area contributed by atoms with Gasteiger partial charge in [0.15, 0.2) is 5.78 Å². The Morgan fingerprint density at radius 2 is 1.76 bits per heavy atom. The Morgan fingerprint density at radius 3 is 2.41 bits per heavy atom. The zero-order valence-electron chi connectivity index (χ0n) is 9.14. The lowest BCUT2D eigenvalue weighted by atomic mass is 9.98. The van der Waals surface area contributed by atoms with E-state index in [1.165, 1.54) is 18.2 Å². The zero-order valence-corrected chi connectivity index (χ0v) is 9.14. The van der Waals surface area contributed by atoms with Gasteiger partial charge in [-0.05, 0) is 17.7 Å². The Balaban J connectivity index is 2.27. The van der Waals surface area contributed by atoms with E-state index in [2.05, 4.69) is 0 Å². The second-order valence-electron chi connectivity index (χ2n) is 3.76. The number of hydrogen-bond donors (Lipinski definition) is 1. The molecule has 2 N–H and O–H groups in total. The highest BCUT2D eigenvalue weighted by Gasteiger charge is 2.17. The van der Waals surface area contributed by atoms with Crippen molar-refractivity contribution in [3.05, 3.63) is 71.5 Å². The van der Waals surface area contributed by atoms with Crippen molar-refractivity contribution in [2.24, 2.45) is 5.73 Å². The van der Waals surface area contributed by atoms with Crippen LogP contribution in [0.1, 0.15) is 22.0 Å². The third-order valence-electron chi connectivity index (χ3n) is 2.55. The van der Waals surface area contributed by atoms with Gasteiger partial charge in [-0.1, -0.05) is 42.5 Å². The molecule has 0 saturated carbocycles. The summed E-state index contributed by atoms with van der Waals surface area (Å²) in [6, 6.07) is 13.8. The van der Waals surface area contributed by atoms with Gasteiger partial charge in [0.2, 0.25) is 0 Å². The first kappa shape index (κ1) is 11.5. The quantitative estimate of drug-likeness (QED) is 0.822. The van der Waals surface area contributed by atoms with Crippen LogP contribution in [0.4, 0.5) is 4.39 Å². The summed E-state index contributed by atoms with van der Waals surface area (Å²) < 4.78 is 13.0. The van der Waals surface area contributed by atoms with Crippen LogP contribution in [0.25, 0.3) is 0 Å². The van der Waals surface area contributed by atoms with E-state index in [0.29, 0.717) is 5.56 Å². The fraction of sp³-hybridized carbons (Fsp3) is 0.0714. The topological polar surface area (TPSA) is 43.1 Å². The van der Waals surface area contributed by atoms with Gasteiger partial charge < -0.3 is 5.73 Å². The van der Waals surface area contributed by atoms with Crippen molar-refractivity contribution in [1.29, 1.82) is 0 Å². The van der Waals surface area contributed by atoms with Gasteiger partial charge in [0, 0.05) is 5.56 Å². The average molecular weight is 229 g/mol. The van der Waals surface area contributed by atoms with Crippen LogP contribution in [0.3, 0.4) is 0 Å². The molecule has 1 atom stereocenters. The summed E-state index contributed by atoms with van der Waals surface area (Å²) in [5.41, 5.74) is 6.87. The van der Waals surface area contributed by atoms with E-state index >= 15 is 0 Å². The van der Waals surface area contributed by atoms with Crippen molar-refractivity contribution >= 4 is 5.78 Å². The SMILES string of the molecule is N[C@@H](C(=O)c1cccc(F)c1)c1ccccc1. The van der Waals surface area contributed by atoms with Crippen molar-refractivity contribution in [2.45, 2.75) is 6.04 Å². The number of carbonyl (C=O) groups excluding carboxylic acids is 1. The van der Waals surface area contributed by atoms with Crippen LogP contribution in [0.5, 0.6) is 0 Å². The summed E-state index contributed by atoms with van der Waals surface area (Å²) in [6.45, 7) is 0. The first-order chi connectivity index (χ1) is 8.18. The average Bonchev–Trinajstić information content (AvgIpc) is 2.38. The second-order valence-corrected chi connectivity index (χ2v) is 3.76. The first-order valence-corrected chi connectivity index (χ1v) is 5.29. The van der Waals surface area contributed by atoms with E-state index in [1.54, 1.807) is 18.2 Å². The maximum absolute atomic E-state index is 13.0. The Hall–Kier alpha value is -2.00. The van der Waals surface area contributed by atoms with E-state index in [4.69, 9.17) is 5.73 Å². The Bertz CT molecular complexity index is 525. The van der Waals surface area contributed by atoms with E-state index in [9.17, 15) is 9.18 Å². The number of carbonyl (C=O) groups is 1. The second kappa shape index (κ2) is 4.89. The van der Waals surface area contributed by atoms with Crippen molar-refractivity contribution in [3.8, 4) is 0 Å². The highest BCUT2D eigenvalue weighted by atomic mass is 19.1. The first-order valence-electron chi connectivity index (χ1n) is 5.29. The molecule has 0 radical (unpaired) electrons. The molecule has 0 aliphatic carbocycles. The van der Waals surface area contributed by atoms with Crippen LogP contribution in [0.2, 0.25) is 0 Å². The molecule has 0 amide bonds. The Kier molecular flexibility index (Phi) is 3.30. The molecule has 3 heteroatoms. The monoisotopic (exact) mass is 229 g/mol. The van der Waals surface area contributed by atoms with Gasteiger partial charge >= 0.3 is 0 Å². The van der Waals surface area contributed by atoms with Gasteiger partial charge in [-0.3, -0.25) is 4.79 Å². The molecule has 0 aliphatic rings. The predicted octanol–water partition coefficient (Wildman–Crippen LogP) is 2.71. The molecule has 2 rings (SSSR count). The molecule has 0 aliphatic heterocycles. The van der Waals surface area contributed by atoms with Crippen LogP contribution in [-0.4, -0.2) is 5.78 Å². The molecule has 0 saturated heterocycles. The van der Waals surface area contributed by atoms with Gasteiger partial charge in [0.05, 0.1) is 6.04 Å². The lowest BCUT2D eigenvalue weighted by molar-refractivity contribution is 0.0961. The zero-order chi connectivity index (χ0) is 12.3. The molecule has 0 aromatic heterocycles. The minimum atomic E-state index is -0.752. The van der Waals surface area contributed by atoms with Gasteiger partial charge in [-0.2, -0.15) is 0 Å². The van der Waals surface area contributed by atoms with Gasteiger partial charge in [-0.25, -0.2) is 4.39 Å². The standard InChI is InChI=1S/C14H12FNO/c15-12-8-4-7-11(9-12)14(17)13(16)10-5-2-1-3-6-10/h1-9,13H,16H2/t13-/m1/s1. The number of Topliss-reactive ketones (excluding diaryl/α,β-unsaturated/α-hetero) is 1. The summed E-state index contributed by atoms with van der Waals surface area (Å²) in [4.78, 5) is 12.0. The number of ketones is 1. The summed E-state index contributed by atoms with van der Waals surface area (Å²) in [5, 5.41) is 0. The molecular formula is C14H12FNO. The van der Waals surface area contributed by atoms with Crippen LogP contribution >= 0.6 is 0 Å². The van der Waals surface area contributed by atoms with E-state index < -0.39 is 11.9 Å². The largest absolute Gasteiger partial charge is 0.318 e. The van der Waals surface area contributed by atoms with Crippen molar-refractivity contribution in [1.82, 2.24) is 0 Å². The van der Waals surface area contributed by atoms with Crippen molar-refractivity contribution in [2.75, 3.05) is 0 Å². The molecule has 17 heavy (non-hydrogen) atoms. The molecule has 0 unspecified atom stereocenters. The third kappa shape index (κ3) is 2.57. The molecule has 0 heterocycles. The maximum Gasteiger partial charge on any atom is 0.184 e. The maximum atomic E-state index is 13.0. The van der Waals surface area contributed by atoms with Crippen LogP contribution < -0.4 is 5.73 Å². The number of rotatable bonds is 3. The van der Waals surface area contributed by atoms with Gasteiger partial charge in [-0.15, -0.1) is 0 Å². The molecular weight excluding hydrogens is 217 g/mol. The normalized spacial score (nSPS) is 12.1. The molecule has 2 aromatic carbocycles. The lowest BCUT2D eigenvalue weighted by Crippen LogP contribution is -2.21. The minimum absolute atomic E-state index is 0.282. The summed E-state index contributed by atoms with van der Waals surface area (Å²) >= 11 is 0. The third-order valence-corrected chi connectivity index (χ3v) is 2.55. The fourth-order valence-electron chi connectivity index (χ4n) is 1.63. The van der Waals surface area contributed by atoms with Crippen LogP contribution in [-0.2, 0) is 0 Å². The summed E-state index contributed by atoms with van der Waals surface area (Å²) in [7, 11) is 0. The summed E-state index contributed by atoms with van der Waals surface area (Å²) in [5.74, 6) is -0.716. The van der Waals surface area contributed by atoms with Crippen molar-refractivity contribution in [3.63, 3.8) is 0 Å². The minimum Gasteiger partial charge on any atom is -0.318 e. The molecule has 0 fully saturated rings. The fourth-order valence-corrected chi connectivity index (χ4v) is 1.63. The molecule has 2 aromatic rings. The molecule has 2 nitrogen and oxygen atoms in total. The Labute approximate surface area is 98.9 Å². The highest BCUT2D eigenvalue weighted by molar-refractivity contribution is 6.00.